The van der Waals surface area contributed by atoms with Crippen LogP contribution in [0.2, 0.25) is 0 Å². The zero-order valence-electron chi connectivity index (χ0n) is 9.87. The van der Waals surface area contributed by atoms with Gasteiger partial charge in [0.1, 0.15) is 24.4 Å². The standard InChI is InChI=1S/C8H17O9P/c1-14-18(13,15-2)16-3-4-5(9)6(10)7(11)8(12)17-4/h4-12H,3H2,1-2H3/t4?,5-,6+,7?,8-/m1/s1. The molecule has 108 valence electrons. The van der Waals surface area contributed by atoms with Gasteiger partial charge in [0.05, 0.1) is 6.61 Å². The van der Waals surface area contributed by atoms with Gasteiger partial charge in [-0.1, -0.05) is 0 Å². The largest absolute Gasteiger partial charge is 0.474 e. The van der Waals surface area contributed by atoms with Crippen LogP contribution in [0.1, 0.15) is 0 Å². The van der Waals surface area contributed by atoms with Crippen LogP contribution >= 0.6 is 7.82 Å². The Kier molecular flexibility index (Phi) is 5.66. The lowest BCUT2D eigenvalue weighted by atomic mass is 10.00. The maximum Gasteiger partial charge on any atom is 0.474 e. The first kappa shape index (κ1) is 16.0. The van der Waals surface area contributed by atoms with Crippen molar-refractivity contribution in [3.8, 4) is 0 Å². The van der Waals surface area contributed by atoms with Crippen molar-refractivity contribution in [3.63, 3.8) is 0 Å². The number of hydrogen-bond donors (Lipinski definition) is 4. The average molecular weight is 288 g/mol. The van der Waals surface area contributed by atoms with E-state index in [0.717, 1.165) is 14.2 Å². The van der Waals surface area contributed by atoms with Crippen LogP contribution in [-0.2, 0) is 22.9 Å². The first-order valence-corrected chi connectivity index (χ1v) is 6.54. The summed E-state index contributed by atoms with van der Waals surface area (Å²) >= 11 is 0. The second-order valence-electron chi connectivity index (χ2n) is 3.65. The Bertz CT molecular complexity index is 303. The molecule has 0 amide bonds. The summed E-state index contributed by atoms with van der Waals surface area (Å²) in [7, 11) is -1.53. The van der Waals surface area contributed by atoms with Gasteiger partial charge in [0.15, 0.2) is 6.29 Å². The van der Waals surface area contributed by atoms with E-state index in [2.05, 4.69) is 9.05 Å². The molecule has 5 atom stereocenters. The minimum Gasteiger partial charge on any atom is -0.387 e. The van der Waals surface area contributed by atoms with Crippen LogP contribution in [0.15, 0.2) is 0 Å². The molecule has 0 aromatic heterocycles. The van der Waals surface area contributed by atoms with Crippen molar-refractivity contribution >= 4 is 7.82 Å². The Morgan fingerprint density at radius 1 is 1.06 bits per heavy atom. The highest BCUT2D eigenvalue weighted by molar-refractivity contribution is 7.48. The molecule has 0 saturated carbocycles. The number of ether oxygens (including phenoxy) is 1. The van der Waals surface area contributed by atoms with E-state index in [1.807, 2.05) is 0 Å². The van der Waals surface area contributed by atoms with Crippen molar-refractivity contribution in [2.24, 2.45) is 0 Å². The zero-order chi connectivity index (χ0) is 13.9. The lowest BCUT2D eigenvalue weighted by molar-refractivity contribution is -0.285. The van der Waals surface area contributed by atoms with Crippen LogP contribution in [0.4, 0.5) is 0 Å². The van der Waals surface area contributed by atoms with Gasteiger partial charge >= 0.3 is 7.82 Å². The van der Waals surface area contributed by atoms with Gasteiger partial charge in [-0.15, -0.1) is 0 Å². The van der Waals surface area contributed by atoms with Crippen molar-refractivity contribution in [3.05, 3.63) is 0 Å². The summed E-state index contributed by atoms with van der Waals surface area (Å²) in [6.07, 6.45) is -7.61. The molecular weight excluding hydrogens is 271 g/mol. The molecule has 9 nitrogen and oxygen atoms in total. The first-order valence-electron chi connectivity index (χ1n) is 5.08. The Balaban J connectivity index is 2.59. The summed E-state index contributed by atoms with van der Waals surface area (Å²) in [5.41, 5.74) is 0. The summed E-state index contributed by atoms with van der Waals surface area (Å²) < 4.78 is 30.1. The highest BCUT2D eigenvalue weighted by Crippen LogP contribution is 2.47. The third-order valence-corrected chi connectivity index (χ3v) is 3.89. The molecule has 1 heterocycles. The van der Waals surface area contributed by atoms with Crippen LogP contribution in [0, 0.1) is 0 Å². The monoisotopic (exact) mass is 288 g/mol. The highest BCUT2D eigenvalue weighted by atomic mass is 31.2. The van der Waals surface area contributed by atoms with Crippen LogP contribution in [0.5, 0.6) is 0 Å². The fourth-order valence-corrected chi connectivity index (χ4v) is 2.10. The highest BCUT2D eigenvalue weighted by Gasteiger charge is 2.44. The number of rotatable bonds is 5. The van der Waals surface area contributed by atoms with Gasteiger partial charge in [-0.2, -0.15) is 0 Å². The van der Waals surface area contributed by atoms with Gasteiger partial charge < -0.3 is 25.2 Å². The Hall–Kier alpha value is -0.0900. The molecule has 0 aliphatic carbocycles. The second kappa shape index (κ2) is 6.38. The maximum atomic E-state index is 11.5. The van der Waals surface area contributed by atoms with Gasteiger partial charge in [-0.3, -0.25) is 13.6 Å². The minimum atomic E-state index is -3.75. The van der Waals surface area contributed by atoms with Crippen molar-refractivity contribution in [1.82, 2.24) is 0 Å². The molecule has 0 bridgehead atoms. The molecule has 1 rings (SSSR count). The summed E-state index contributed by atoms with van der Waals surface area (Å²) in [4.78, 5) is 0. The fraction of sp³-hybridized carbons (Fsp3) is 1.00. The number of phosphoric ester groups is 1. The Morgan fingerprint density at radius 2 is 1.61 bits per heavy atom. The Labute approximate surface area is 103 Å². The molecule has 0 aromatic carbocycles. The molecule has 0 radical (unpaired) electrons. The topological polar surface area (TPSA) is 135 Å². The smallest absolute Gasteiger partial charge is 0.387 e. The molecule has 0 aromatic rings. The summed E-state index contributed by atoms with van der Waals surface area (Å²) in [5, 5.41) is 37.4. The van der Waals surface area contributed by atoms with E-state index in [1.54, 1.807) is 0 Å². The normalized spacial score (nSPS) is 37.8. The molecular formula is C8H17O9P. The molecule has 2 unspecified atom stereocenters. The van der Waals surface area contributed by atoms with E-state index in [4.69, 9.17) is 9.26 Å². The van der Waals surface area contributed by atoms with Crippen LogP contribution < -0.4 is 0 Å². The van der Waals surface area contributed by atoms with Crippen LogP contribution in [0.3, 0.4) is 0 Å². The van der Waals surface area contributed by atoms with E-state index in [9.17, 15) is 25.0 Å². The number of hydrogen-bond acceptors (Lipinski definition) is 9. The molecule has 18 heavy (non-hydrogen) atoms. The molecule has 1 fully saturated rings. The molecule has 0 spiro atoms. The molecule has 4 N–H and O–H groups in total. The minimum absolute atomic E-state index is 0.457. The van der Waals surface area contributed by atoms with Crippen LogP contribution in [0.25, 0.3) is 0 Å². The van der Waals surface area contributed by atoms with Gasteiger partial charge in [0.2, 0.25) is 0 Å². The quantitative estimate of drug-likeness (QED) is 0.432. The first-order chi connectivity index (χ1) is 8.34. The lowest BCUT2D eigenvalue weighted by Crippen LogP contribution is -2.58. The third kappa shape index (κ3) is 3.47. The summed E-state index contributed by atoms with van der Waals surface area (Å²) in [5.74, 6) is 0. The lowest BCUT2D eigenvalue weighted by Gasteiger charge is -2.38. The van der Waals surface area contributed by atoms with E-state index in [0.29, 0.717) is 0 Å². The van der Waals surface area contributed by atoms with Gasteiger partial charge in [-0.05, 0) is 0 Å². The summed E-state index contributed by atoms with van der Waals surface area (Å²) in [6, 6.07) is 0. The van der Waals surface area contributed by atoms with Gasteiger partial charge in [-0.25, -0.2) is 4.57 Å². The number of aliphatic hydroxyl groups excluding tert-OH is 4. The predicted octanol–water partition coefficient (Wildman–Crippen LogP) is -1.80. The maximum absolute atomic E-state index is 11.5. The predicted molar refractivity (Wildman–Crippen MR) is 56.5 cm³/mol. The summed E-state index contributed by atoms with van der Waals surface area (Å²) in [6.45, 7) is -0.457. The fourth-order valence-electron chi connectivity index (χ4n) is 1.41. The van der Waals surface area contributed by atoms with E-state index >= 15 is 0 Å². The van der Waals surface area contributed by atoms with Gasteiger partial charge in [0.25, 0.3) is 0 Å². The average Bonchev–Trinajstić information content (AvgIpc) is 2.38. The van der Waals surface area contributed by atoms with Crippen molar-refractivity contribution in [2.45, 2.75) is 30.7 Å². The second-order valence-corrected chi connectivity index (χ2v) is 5.53. The van der Waals surface area contributed by atoms with E-state index in [-0.39, 0.29) is 0 Å². The van der Waals surface area contributed by atoms with Crippen molar-refractivity contribution in [1.29, 1.82) is 0 Å². The van der Waals surface area contributed by atoms with Crippen molar-refractivity contribution in [2.75, 3.05) is 20.8 Å². The third-order valence-electron chi connectivity index (χ3n) is 2.53. The van der Waals surface area contributed by atoms with Crippen molar-refractivity contribution < 1.29 is 43.3 Å². The zero-order valence-corrected chi connectivity index (χ0v) is 10.8. The van der Waals surface area contributed by atoms with Gasteiger partial charge in [0, 0.05) is 14.2 Å². The molecule has 1 aliphatic rings. The molecule has 1 saturated heterocycles. The molecule has 10 heteroatoms. The van der Waals surface area contributed by atoms with Crippen LogP contribution in [-0.4, -0.2) is 72.0 Å². The number of aliphatic hydroxyl groups is 4. The van der Waals surface area contributed by atoms with E-state index in [1.165, 1.54) is 0 Å². The molecule has 1 aliphatic heterocycles. The number of phosphoric acid groups is 1. The van der Waals surface area contributed by atoms with E-state index < -0.39 is 45.1 Å². The Morgan fingerprint density at radius 3 is 2.11 bits per heavy atom. The SMILES string of the molecule is COP(=O)(OC)OCC1O[C@@H](O)C(O)[C@@H](O)[C@@H]1O.